The lowest BCUT2D eigenvalue weighted by molar-refractivity contribution is -0.143. The van der Waals surface area contributed by atoms with Crippen LogP contribution in [-0.2, 0) is 9.53 Å². The third kappa shape index (κ3) is 11.5. The quantitative estimate of drug-likeness (QED) is 0.462. The summed E-state index contributed by atoms with van der Waals surface area (Å²) in [6, 6.07) is 0.432. The molecule has 0 radical (unpaired) electrons. The Morgan fingerprint density at radius 1 is 1.19 bits per heavy atom. The molecular weight excluding hydrogens is 202 g/mol. The van der Waals surface area contributed by atoms with Gasteiger partial charge in [0.1, 0.15) is 0 Å². The number of esters is 1. The molecule has 0 atom stereocenters. The zero-order valence-electron chi connectivity index (χ0n) is 11.1. The SMILES string of the molecule is CCCCCCCOC(=O)CCNC(C)C. The van der Waals surface area contributed by atoms with Crippen molar-refractivity contribution in [2.24, 2.45) is 0 Å². The van der Waals surface area contributed by atoms with Gasteiger partial charge in [0.05, 0.1) is 13.0 Å². The molecule has 0 aliphatic rings. The molecule has 0 saturated carbocycles. The molecule has 16 heavy (non-hydrogen) atoms. The second kappa shape index (κ2) is 10.9. The normalized spacial score (nSPS) is 10.8. The molecule has 0 amide bonds. The third-order valence-corrected chi connectivity index (χ3v) is 2.39. The topological polar surface area (TPSA) is 38.3 Å². The predicted octanol–water partition coefficient (Wildman–Crippen LogP) is 2.89. The van der Waals surface area contributed by atoms with Crippen molar-refractivity contribution in [1.29, 1.82) is 0 Å². The Hall–Kier alpha value is -0.570. The van der Waals surface area contributed by atoms with Gasteiger partial charge in [-0.05, 0) is 6.42 Å². The highest BCUT2D eigenvalue weighted by atomic mass is 16.5. The second-order valence-corrected chi connectivity index (χ2v) is 4.49. The molecule has 0 unspecified atom stereocenters. The fourth-order valence-electron chi connectivity index (χ4n) is 1.43. The third-order valence-electron chi connectivity index (χ3n) is 2.39. The summed E-state index contributed by atoms with van der Waals surface area (Å²) >= 11 is 0. The maximum absolute atomic E-state index is 11.3. The van der Waals surface area contributed by atoms with Crippen LogP contribution in [0.5, 0.6) is 0 Å². The zero-order chi connectivity index (χ0) is 12.2. The van der Waals surface area contributed by atoms with Crippen LogP contribution >= 0.6 is 0 Å². The molecule has 3 nitrogen and oxygen atoms in total. The van der Waals surface area contributed by atoms with Gasteiger partial charge in [-0.25, -0.2) is 0 Å². The van der Waals surface area contributed by atoms with Crippen LogP contribution in [0.25, 0.3) is 0 Å². The summed E-state index contributed by atoms with van der Waals surface area (Å²) in [5.41, 5.74) is 0. The van der Waals surface area contributed by atoms with Crippen molar-refractivity contribution in [1.82, 2.24) is 5.32 Å². The van der Waals surface area contributed by atoms with Crippen LogP contribution < -0.4 is 5.32 Å². The van der Waals surface area contributed by atoms with Gasteiger partial charge >= 0.3 is 5.97 Å². The van der Waals surface area contributed by atoms with Gasteiger partial charge < -0.3 is 10.1 Å². The van der Waals surface area contributed by atoms with Gasteiger partial charge in [0.25, 0.3) is 0 Å². The van der Waals surface area contributed by atoms with Crippen LogP contribution in [-0.4, -0.2) is 25.2 Å². The highest BCUT2D eigenvalue weighted by Gasteiger charge is 2.02. The van der Waals surface area contributed by atoms with E-state index in [1.54, 1.807) is 0 Å². The largest absolute Gasteiger partial charge is 0.466 e. The Morgan fingerprint density at radius 3 is 2.50 bits per heavy atom. The molecule has 3 heteroatoms. The highest BCUT2D eigenvalue weighted by molar-refractivity contribution is 5.69. The zero-order valence-corrected chi connectivity index (χ0v) is 11.1. The fourth-order valence-corrected chi connectivity index (χ4v) is 1.43. The Balaban J connectivity index is 3.17. The van der Waals surface area contributed by atoms with E-state index in [1.807, 2.05) is 0 Å². The van der Waals surface area contributed by atoms with Crippen molar-refractivity contribution in [3.63, 3.8) is 0 Å². The second-order valence-electron chi connectivity index (χ2n) is 4.49. The number of hydrogen-bond donors (Lipinski definition) is 1. The molecule has 0 heterocycles. The summed E-state index contributed by atoms with van der Waals surface area (Å²) in [5, 5.41) is 3.19. The molecule has 1 N–H and O–H groups in total. The number of rotatable bonds is 10. The summed E-state index contributed by atoms with van der Waals surface area (Å²) in [5.74, 6) is -0.0800. The smallest absolute Gasteiger partial charge is 0.307 e. The van der Waals surface area contributed by atoms with Crippen LogP contribution in [0, 0.1) is 0 Å². The average Bonchev–Trinajstić information content (AvgIpc) is 2.22. The summed E-state index contributed by atoms with van der Waals surface area (Å²) in [7, 11) is 0. The minimum Gasteiger partial charge on any atom is -0.466 e. The van der Waals surface area contributed by atoms with E-state index in [0.29, 0.717) is 25.6 Å². The molecule has 0 aliphatic heterocycles. The van der Waals surface area contributed by atoms with Crippen LogP contribution in [0.1, 0.15) is 59.3 Å². The number of nitrogens with one attached hydrogen (secondary N) is 1. The number of carbonyl (C=O) groups excluding carboxylic acids is 1. The van der Waals surface area contributed by atoms with E-state index in [-0.39, 0.29) is 5.97 Å². The number of ether oxygens (including phenoxy) is 1. The maximum atomic E-state index is 11.3. The van der Waals surface area contributed by atoms with Crippen LogP contribution in [0.4, 0.5) is 0 Å². The summed E-state index contributed by atoms with van der Waals surface area (Å²) in [6.45, 7) is 7.64. The first kappa shape index (κ1) is 15.4. The van der Waals surface area contributed by atoms with E-state index in [1.165, 1.54) is 25.7 Å². The average molecular weight is 229 g/mol. The van der Waals surface area contributed by atoms with Crippen molar-refractivity contribution in [3.8, 4) is 0 Å². The van der Waals surface area contributed by atoms with Crippen molar-refractivity contribution in [3.05, 3.63) is 0 Å². The van der Waals surface area contributed by atoms with Gasteiger partial charge in [-0.3, -0.25) is 4.79 Å². The lowest BCUT2D eigenvalue weighted by atomic mass is 10.2. The first-order chi connectivity index (χ1) is 7.66. The fraction of sp³-hybridized carbons (Fsp3) is 0.923. The van der Waals surface area contributed by atoms with E-state index in [0.717, 1.165) is 6.42 Å². The van der Waals surface area contributed by atoms with Crippen LogP contribution in [0.3, 0.4) is 0 Å². The minimum absolute atomic E-state index is 0.0800. The summed E-state index contributed by atoms with van der Waals surface area (Å²) in [4.78, 5) is 11.3. The van der Waals surface area contributed by atoms with E-state index in [4.69, 9.17) is 4.74 Å². The first-order valence-electron chi connectivity index (χ1n) is 6.55. The maximum Gasteiger partial charge on any atom is 0.307 e. The van der Waals surface area contributed by atoms with Gasteiger partial charge in [0, 0.05) is 12.6 Å². The lowest BCUT2D eigenvalue weighted by Gasteiger charge is -2.08. The van der Waals surface area contributed by atoms with Gasteiger partial charge in [-0.2, -0.15) is 0 Å². The number of unbranched alkanes of at least 4 members (excludes halogenated alkanes) is 4. The van der Waals surface area contributed by atoms with Gasteiger partial charge in [-0.1, -0.05) is 46.5 Å². The van der Waals surface area contributed by atoms with Crippen LogP contribution in [0.2, 0.25) is 0 Å². The first-order valence-corrected chi connectivity index (χ1v) is 6.55. The Morgan fingerprint density at radius 2 is 1.88 bits per heavy atom. The van der Waals surface area contributed by atoms with Crippen molar-refractivity contribution in [2.75, 3.05) is 13.2 Å². The molecule has 0 aromatic heterocycles. The van der Waals surface area contributed by atoms with Crippen molar-refractivity contribution >= 4 is 5.97 Å². The monoisotopic (exact) mass is 229 g/mol. The van der Waals surface area contributed by atoms with E-state index >= 15 is 0 Å². The van der Waals surface area contributed by atoms with Gasteiger partial charge in [0.15, 0.2) is 0 Å². The van der Waals surface area contributed by atoms with Crippen LogP contribution in [0.15, 0.2) is 0 Å². The summed E-state index contributed by atoms with van der Waals surface area (Å²) < 4.78 is 5.13. The highest BCUT2D eigenvalue weighted by Crippen LogP contribution is 2.02. The Bertz CT molecular complexity index is 169. The van der Waals surface area contributed by atoms with E-state index < -0.39 is 0 Å². The van der Waals surface area contributed by atoms with Gasteiger partial charge in [0.2, 0.25) is 0 Å². The summed E-state index contributed by atoms with van der Waals surface area (Å²) in [6.07, 6.45) is 6.44. The van der Waals surface area contributed by atoms with E-state index in [9.17, 15) is 4.79 Å². The number of hydrogen-bond acceptors (Lipinski definition) is 3. The molecule has 0 spiro atoms. The molecule has 0 aromatic carbocycles. The molecule has 0 aromatic rings. The minimum atomic E-state index is -0.0800. The number of carbonyl (C=O) groups is 1. The van der Waals surface area contributed by atoms with Crippen molar-refractivity contribution < 1.29 is 9.53 Å². The lowest BCUT2D eigenvalue weighted by Crippen LogP contribution is -2.26. The predicted molar refractivity (Wildman–Crippen MR) is 67.5 cm³/mol. The molecule has 0 rings (SSSR count). The molecular formula is C13H27NO2. The molecule has 0 fully saturated rings. The molecule has 0 bridgehead atoms. The molecule has 96 valence electrons. The standard InChI is InChI=1S/C13H27NO2/c1-4-5-6-7-8-11-16-13(15)9-10-14-12(2)3/h12,14H,4-11H2,1-3H3. The molecule has 0 aliphatic carbocycles. The van der Waals surface area contributed by atoms with Gasteiger partial charge in [-0.15, -0.1) is 0 Å². The Kier molecular flexibility index (Phi) is 10.5. The van der Waals surface area contributed by atoms with E-state index in [2.05, 4.69) is 26.1 Å². The Labute approximate surface area is 99.9 Å². The van der Waals surface area contributed by atoms with Crippen molar-refractivity contribution in [2.45, 2.75) is 65.3 Å². The molecule has 0 saturated heterocycles.